The van der Waals surface area contributed by atoms with Crippen molar-refractivity contribution in [1.29, 1.82) is 0 Å². The van der Waals surface area contributed by atoms with Crippen molar-refractivity contribution in [2.24, 2.45) is 10.6 Å². The number of benzene rings is 1. The Labute approximate surface area is 169 Å². The van der Waals surface area contributed by atoms with E-state index in [1.807, 2.05) is 17.9 Å². The van der Waals surface area contributed by atoms with Crippen molar-refractivity contribution in [1.82, 2.24) is 4.90 Å². The van der Waals surface area contributed by atoms with Crippen LogP contribution in [-0.4, -0.2) is 47.9 Å². The summed E-state index contributed by atoms with van der Waals surface area (Å²) in [4.78, 5) is 16.8. The van der Waals surface area contributed by atoms with Gasteiger partial charge in [0, 0.05) is 43.7 Å². The highest BCUT2D eigenvalue weighted by atomic mass is 19.1. The highest BCUT2D eigenvalue weighted by molar-refractivity contribution is 6.06. The van der Waals surface area contributed by atoms with Gasteiger partial charge in [-0.05, 0) is 30.9 Å². The Bertz CT molecular complexity index is 972. The molecule has 1 aromatic carbocycles. The van der Waals surface area contributed by atoms with Crippen LogP contribution in [0.4, 0.5) is 10.1 Å². The largest absolute Gasteiger partial charge is 0.455 e. The van der Waals surface area contributed by atoms with Crippen LogP contribution in [0.2, 0.25) is 0 Å². The summed E-state index contributed by atoms with van der Waals surface area (Å²) in [6.07, 6.45) is 1.32. The van der Waals surface area contributed by atoms with Crippen molar-refractivity contribution < 1.29 is 18.8 Å². The van der Waals surface area contributed by atoms with Gasteiger partial charge in [0.25, 0.3) is 5.91 Å². The minimum Gasteiger partial charge on any atom is -0.455 e. The molecule has 0 radical (unpaired) electrons. The van der Waals surface area contributed by atoms with Gasteiger partial charge in [-0.2, -0.15) is 0 Å². The predicted octanol–water partition coefficient (Wildman–Crippen LogP) is 3.84. The molecule has 1 aliphatic heterocycles. The number of hydrogen-bond acceptors (Lipinski definition) is 5. The lowest BCUT2D eigenvalue weighted by Crippen LogP contribution is -2.49. The van der Waals surface area contributed by atoms with E-state index in [9.17, 15) is 14.4 Å². The van der Waals surface area contributed by atoms with Crippen molar-refractivity contribution in [3.05, 3.63) is 52.7 Å². The molecule has 4 rings (SSSR count). The Balaban J connectivity index is 1.53. The first-order valence-corrected chi connectivity index (χ1v) is 9.93. The summed E-state index contributed by atoms with van der Waals surface area (Å²) in [5.41, 5.74) is 2.53. The Morgan fingerprint density at radius 3 is 2.52 bits per heavy atom. The number of rotatable bonds is 2. The van der Waals surface area contributed by atoms with Crippen LogP contribution in [0.5, 0.6) is 0 Å². The maximum Gasteiger partial charge on any atom is 0.289 e. The number of carbonyl (C=O) groups excluding carboxylic acids is 1. The fraction of sp³-hybridized carbons (Fsp3) is 0.455. The maximum atomic E-state index is 14.0. The highest BCUT2D eigenvalue weighted by Gasteiger charge is 2.37. The van der Waals surface area contributed by atoms with E-state index < -0.39 is 0 Å². The summed E-state index contributed by atoms with van der Waals surface area (Å²) in [7, 11) is 0. The average Bonchev–Trinajstić information content (AvgIpc) is 3.02. The molecule has 0 bridgehead atoms. The van der Waals surface area contributed by atoms with Crippen LogP contribution in [-0.2, 0) is 6.42 Å². The molecule has 7 heteroatoms. The third kappa shape index (κ3) is 3.50. The second kappa shape index (κ2) is 7.21. The van der Waals surface area contributed by atoms with Crippen LogP contribution < -0.4 is 4.90 Å². The SMILES string of the molecule is Cc1c(C(=O)N2CCN(c3ccccc3F)CC2)oc2c1C(=NO)CC(C)(C)C2. The summed E-state index contributed by atoms with van der Waals surface area (Å²) in [6.45, 7) is 8.11. The zero-order chi connectivity index (χ0) is 20.8. The van der Waals surface area contributed by atoms with Crippen LogP contribution in [0, 0.1) is 18.2 Å². The quantitative estimate of drug-likeness (QED) is 0.615. The predicted molar refractivity (Wildman–Crippen MR) is 108 cm³/mol. The summed E-state index contributed by atoms with van der Waals surface area (Å²) >= 11 is 0. The van der Waals surface area contributed by atoms with Gasteiger partial charge in [0.05, 0.1) is 11.4 Å². The first-order valence-electron chi connectivity index (χ1n) is 9.93. The number of fused-ring (bicyclic) bond motifs is 1. The highest BCUT2D eigenvalue weighted by Crippen LogP contribution is 2.39. The average molecular weight is 399 g/mol. The number of para-hydroxylation sites is 1. The van der Waals surface area contributed by atoms with Crippen LogP contribution in [0.25, 0.3) is 0 Å². The van der Waals surface area contributed by atoms with E-state index in [2.05, 4.69) is 19.0 Å². The molecule has 154 valence electrons. The van der Waals surface area contributed by atoms with E-state index in [0.29, 0.717) is 61.9 Å². The summed E-state index contributed by atoms with van der Waals surface area (Å²) in [5.74, 6) is 0.605. The van der Waals surface area contributed by atoms with E-state index in [4.69, 9.17) is 4.42 Å². The molecule has 1 saturated heterocycles. The number of oxime groups is 1. The van der Waals surface area contributed by atoms with Crippen molar-refractivity contribution in [2.75, 3.05) is 31.1 Å². The molecule has 29 heavy (non-hydrogen) atoms. The number of halogens is 1. The number of anilines is 1. The van der Waals surface area contributed by atoms with Gasteiger partial charge in [-0.15, -0.1) is 0 Å². The first kappa shape index (κ1) is 19.5. The fourth-order valence-corrected chi connectivity index (χ4v) is 4.41. The number of amides is 1. The van der Waals surface area contributed by atoms with Crippen molar-refractivity contribution in [2.45, 2.75) is 33.6 Å². The second-order valence-corrected chi connectivity index (χ2v) is 8.65. The van der Waals surface area contributed by atoms with Gasteiger partial charge >= 0.3 is 0 Å². The minimum absolute atomic E-state index is 0.0927. The lowest BCUT2D eigenvalue weighted by atomic mass is 9.75. The monoisotopic (exact) mass is 399 g/mol. The Morgan fingerprint density at radius 2 is 1.86 bits per heavy atom. The van der Waals surface area contributed by atoms with Gasteiger partial charge in [0.2, 0.25) is 0 Å². The molecule has 0 spiro atoms. The molecule has 0 unspecified atom stereocenters. The molecule has 2 aromatic rings. The molecule has 1 N–H and O–H groups in total. The molecule has 1 aromatic heterocycles. The number of hydrogen-bond donors (Lipinski definition) is 1. The number of carbonyl (C=O) groups is 1. The Kier molecular flexibility index (Phi) is 4.84. The summed E-state index contributed by atoms with van der Waals surface area (Å²) in [5, 5.41) is 12.9. The normalized spacial score (nSPS) is 20.1. The van der Waals surface area contributed by atoms with Crippen LogP contribution in [0.3, 0.4) is 0 Å². The van der Waals surface area contributed by atoms with Gasteiger partial charge in [-0.3, -0.25) is 4.79 Å². The topological polar surface area (TPSA) is 69.3 Å². The molecule has 0 saturated carbocycles. The van der Waals surface area contributed by atoms with Gasteiger partial charge in [0.1, 0.15) is 11.6 Å². The second-order valence-electron chi connectivity index (χ2n) is 8.65. The van der Waals surface area contributed by atoms with E-state index in [-0.39, 0.29) is 17.1 Å². The van der Waals surface area contributed by atoms with Gasteiger partial charge in [-0.25, -0.2) is 4.39 Å². The fourth-order valence-electron chi connectivity index (χ4n) is 4.41. The first-order chi connectivity index (χ1) is 13.8. The third-order valence-corrected chi connectivity index (χ3v) is 5.87. The van der Waals surface area contributed by atoms with E-state index in [1.54, 1.807) is 17.0 Å². The maximum absolute atomic E-state index is 14.0. The molecule has 2 aliphatic rings. The molecule has 0 atom stereocenters. The van der Waals surface area contributed by atoms with Crippen LogP contribution in [0.15, 0.2) is 33.8 Å². The van der Waals surface area contributed by atoms with Crippen LogP contribution in [0.1, 0.15) is 47.7 Å². The Morgan fingerprint density at radius 1 is 1.17 bits per heavy atom. The summed E-state index contributed by atoms with van der Waals surface area (Å²) in [6, 6.07) is 6.69. The van der Waals surface area contributed by atoms with Gasteiger partial charge in [0.15, 0.2) is 5.76 Å². The van der Waals surface area contributed by atoms with Crippen molar-refractivity contribution in [3.63, 3.8) is 0 Å². The lowest BCUT2D eigenvalue weighted by Gasteiger charge is -2.35. The lowest BCUT2D eigenvalue weighted by molar-refractivity contribution is 0.0710. The number of furan rings is 1. The summed E-state index contributed by atoms with van der Waals surface area (Å²) < 4.78 is 20.0. The molecular weight excluding hydrogens is 373 g/mol. The van der Waals surface area contributed by atoms with Crippen LogP contribution >= 0.6 is 0 Å². The molecule has 2 heterocycles. The van der Waals surface area contributed by atoms with E-state index >= 15 is 0 Å². The molecular formula is C22H26FN3O3. The van der Waals surface area contributed by atoms with Crippen molar-refractivity contribution in [3.8, 4) is 0 Å². The number of piperazine rings is 1. The molecule has 1 fully saturated rings. The Hall–Kier alpha value is -2.83. The molecule has 1 amide bonds. The van der Waals surface area contributed by atoms with E-state index in [0.717, 1.165) is 11.1 Å². The van der Waals surface area contributed by atoms with E-state index in [1.165, 1.54) is 6.07 Å². The molecule has 6 nitrogen and oxygen atoms in total. The number of nitrogens with zero attached hydrogens (tertiary/aromatic N) is 3. The smallest absolute Gasteiger partial charge is 0.289 e. The standard InChI is InChI=1S/C22H26FN3O3/c1-14-19-16(24-28)12-22(2,3)13-18(19)29-20(14)21(27)26-10-8-25(9-11-26)17-7-5-4-6-15(17)23/h4-7,28H,8-13H2,1-3H3. The van der Waals surface area contributed by atoms with Gasteiger partial charge < -0.3 is 19.4 Å². The third-order valence-electron chi connectivity index (χ3n) is 5.87. The zero-order valence-electron chi connectivity index (χ0n) is 17.0. The molecule has 1 aliphatic carbocycles. The van der Waals surface area contributed by atoms with Crippen molar-refractivity contribution >= 4 is 17.3 Å². The van der Waals surface area contributed by atoms with Gasteiger partial charge in [-0.1, -0.05) is 31.1 Å². The zero-order valence-corrected chi connectivity index (χ0v) is 17.0. The minimum atomic E-state index is -0.250.